The van der Waals surface area contributed by atoms with E-state index in [2.05, 4.69) is 42.5 Å². The molecule has 0 amide bonds. The third-order valence-corrected chi connectivity index (χ3v) is 5.15. The Morgan fingerprint density at radius 2 is 1.55 bits per heavy atom. The lowest BCUT2D eigenvalue weighted by Crippen LogP contribution is -2.16. The molecule has 1 fully saturated rings. The van der Waals surface area contributed by atoms with E-state index in [1.54, 1.807) is 12.1 Å². The molecule has 1 heteroatoms. The lowest BCUT2D eigenvalue weighted by atomic mass is 9.82. The lowest BCUT2D eigenvalue weighted by molar-refractivity contribution is 0.316. The van der Waals surface area contributed by atoms with Gasteiger partial charge in [-0.15, -0.1) is 0 Å². The predicted octanol–water partition coefficient (Wildman–Crippen LogP) is 5.37. The Labute approximate surface area is 134 Å². The number of phenolic OH excluding ortho intramolecular Hbond substituents is 1. The van der Waals surface area contributed by atoms with Gasteiger partial charge >= 0.3 is 0 Å². The Hall–Kier alpha value is -1.76. The summed E-state index contributed by atoms with van der Waals surface area (Å²) in [6.45, 7) is 0. The van der Waals surface area contributed by atoms with Gasteiger partial charge in [0.25, 0.3) is 0 Å². The molecule has 0 radical (unpaired) electrons. The van der Waals surface area contributed by atoms with Crippen molar-refractivity contribution in [3.63, 3.8) is 0 Å². The Bertz CT molecular complexity index is 552. The fourth-order valence-corrected chi connectivity index (χ4v) is 3.86. The van der Waals surface area contributed by atoms with E-state index in [4.69, 9.17) is 0 Å². The van der Waals surface area contributed by atoms with Crippen molar-refractivity contribution < 1.29 is 5.11 Å². The topological polar surface area (TPSA) is 20.2 Å². The zero-order valence-electron chi connectivity index (χ0n) is 13.2. The molecule has 116 valence electrons. The van der Waals surface area contributed by atoms with Crippen LogP contribution >= 0.6 is 0 Å². The van der Waals surface area contributed by atoms with Crippen molar-refractivity contribution in [2.75, 3.05) is 0 Å². The molecule has 0 aromatic heterocycles. The highest BCUT2D eigenvalue weighted by Crippen LogP contribution is 2.35. The SMILES string of the molecule is Oc1ccc(CCC(Cc2ccccc2)C2CCCC2)cc1. The van der Waals surface area contributed by atoms with Crippen molar-refractivity contribution in [1.82, 2.24) is 0 Å². The second kappa shape index (κ2) is 7.49. The molecule has 1 N–H and O–H groups in total. The minimum atomic E-state index is 0.361. The van der Waals surface area contributed by atoms with E-state index in [9.17, 15) is 5.11 Å². The van der Waals surface area contributed by atoms with E-state index in [-0.39, 0.29) is 0 Å². The van der Waals surface area contributed by atoms with Crippen LogP contribution in [-0.4, -0.2) is 5.11 Å². The minimum Gasteiger partial charge on any atom is -0.508 e. The molecular weight excluding hydrogens is 268 g/mol. The average molecular weight is 294 g/mol. The normalized spacial score (nSPS) is 16.7. The number of benzene rings is 2. The van der Waals surface area contributed by atoms with Crippen LogP contribution < -0.4 is 0 Å². The van der Waals surface area contributed by atoms with Crippen molar-refractivity contribution in [2.45, 2.75) is 44.9 Å². The van der Waals surface area contributed by atoms with Crippen molar-refractivity contribution in [3.8, 4) is 5.75 Å². The van der Waals surface area contributed by atoms with Crippen molar-refractivity contribution in [2.24, 2.45) is 11.8 Å². The highest BCUT2D eigenvalue weighted by Gasteiger charge is 2.24. The summed E-state index contributed by atoms with van der Waals surface area (Å²) in [6, 6.07) is 18.7. The molecule has 0 heterocycles. The van der Waals surface area contributed by atoms with Gasteiger partial charge in [-0.2, -0.15) is 0 Å². The van der Waals surface area contributed by atoms with E-state index in [0.29, 0.717) is 5.75 Å². The predicted molar refractivity (Wildman–Crippen MR) is 92.0 cm³/mol. The van der Waals surface area contributed by atoms with Crippen molar-refractivity contribution in [1.29, 1.82) is 0 Å². The zero-order valence-corrected chi connectivity index (χ0v) is 13.2. The smallest absolute Gasteiger partial charge is 0.115 e. The van der Waals surface area contributed by atoms with Crippen LogP contribution in [0.4, 0.5) is 0 Å². The first-order valence-corrected chi connectivity index (χ1v) is 8.63. The third kappa shape index (κ3) is 4.13. The number of aromatic hydroxyl groups is 1. The van der Waals surface area contributed by atoms with Gasteiger partial charge in [0.15, 0.2) is 0 Å². The molecule has 1 aliphatic carbocycles. The molecule has 1 saturated carbocycles. The molecule has 1 unspecified atom stereocenters. The standard InChI is InChI=1S/C21H26O/c22-21-14-11-17(12-15-21)10-13-20(19-8-4-5-9-19)16-18-6-2-1-3-7-18/h1-3,6-7,11-12,14-15,19-20,22H,4-5,8-10,13,16H2. The first-order valence-electron chi connectivity index (χ1n) is 8.63. The Morgan fingerprint density at radius 1 is 0.864 bits per heavy atom. The quantitative estimate of drug-likeness (QED) is 0.759. The lowest BCUT2D eigenvalue weighted by Gasteiger charge is -2.24. The second-order valence-electron chi connectivity index (χ2n) is 6.70. The summed E-state index contributed by atoms with van der Waals surface area (Å²) < 4.78 is 0. The van der Waals surface area contributed by atoms with Crippen LogP contribution in [0.3, 0.4) is 0 Å². The second-order valence-corrected chi connectivity index (χ2v) is 6.70. The van der Waals surface area contributed by atoms with E-state index < -0.39 is 0 Å². The minimum absolute atomic E-state index is 0.361. The number of phenols is 1. The van der Waals surface area contributed by atoms with Gasteiger partial charge in [0.2, 0.25) is 0 Å². The fraction of sp³-hybridized carbons (Fsp3) is 0.429. The van der Waals surface area contributed by atoms with E-state index >= 15 is 0 Å². The third-order valence-electron chi connectivity index (χ3n) is 5.15. The Balaban J connectivity index is 1.64. The summed E-state index contributed by atoms with van der Waals surface area (Å²) in [6.07, 6.45) is 9.23. The van der Waals surface area contributed by atoms with E-state index in [0.717, 1.165) is 18.3 Å². The number of rotatable bonds is 6. The van der Waals surface area contributed by atoms with Crippen molar-refractivity contribution in [3.05, 3.63) is 65.7 Å². The molecule has 3 rings (SSSR count). The van der Waals surface area contributed by atoms with Gasteiger partial charge in [0.05, 0.1) is 0 Å². The summed E-state index contributed by atoms with van der Waals surface area (Å²) in [4.78, 5) is 0. The number of hydrogen-bond acceptors (Lipinski definition) is 1. The molecule has 22 heavy (non-hydrogen) atoms. The van der Waals surface area contributed by atoms with E-state index in [1.807, 2.05) is 0 Å². The summed E-state index contributed by atoms with van der Waals surface area (Å²) in [5.41, 5.74) is 2.82. The largest absolute Gasteiger partial charge is 0.508 e. The molecule has 0 aliphatic heterocycles. The summed E-state index contributed by atoms with van der Waals surface area (Å²) in [5.74, 6) is 2.05. The Morgan fingerprint density at radius 3 is 2.23 bits per heavy atom. The van der Waals surface area contributed by atoms with E-state index in [1.165, 1.54) is 49.7 Å². The molecule has 2 aromatic carbocycles. The zero-order chi connectivity index (χ0) is 15.2. The van der Waals surface area contributed by atoms with Gasteiger partial charge < -0.3 is 5.11 Å². The highest BCUT2D eigenvalue weighted by atomic mass is 16.3. The molecular formula is C21H26O. The maximum Gasteiger partial charge on any atom is 0.115 e. The first-order chi connectivity index (χ1) is 10.8. The fourth-order valence-electron chi connectivity index (χ4n) is 3.86. The van der Waals surface area contributed by atoms with Crippen LogP contribution in [-0.2, 0) is 12.8 Å². The molecule has 1 atom stereocenters. The molecule has 0 saturated heterocycles. The first kappa shape index (κ1) is 15.1. The number of aryl methyl sites for hydroxylation is 1. The van der Waals surface area contributed by atoms with Crippen molar-refractivity contribution >= 4 is 0 Å². The summed E-state index contributed by atoms with van der Waals surface area (Å²) in [7, 11) is 0. The van der Waals surface area contributed by atoms with Crippen LogP contribution in [0.25, 0.3) is 0 Å². The van der Waals surface area contributed by atoms with Crippen LogP contribution in [0.5, 0.6) is 5.75 Å². The van der Waals surface area contributed by atoms with Gasteiger partial charge in [-0.05, 0) is 54.4 Å². The maximum absolute atomic E-state index is 9.40. The number of hydrogen-bond donors (Lipinski definition) is 1. The average Bonchev–Trinajstić information content (AvgIpc) is 3.08. The summed E-state index contributed by atoms with van der Waals surface area (Å²) in [5, 5.41) is 9.40. The molecule has 1 nitrogen and oxygen atoms in total. The molecule has 0 bridgehead atoms. The van der Waals surface area contributed by atoms with Gasteiger partial charge in [-0.3, -0.25) is 0 Å². The van der Waals surface area contributed by atoms with Crippen LogP contribution in [0.15, 0.2) is 54.6 Å². The van der Waals surface area contributed by atoms with Gasteiger partial charge in [0, 0.05) is 0 Å². The molecule has 1 aliphatic rings. The Kier molecular flexibility index (Phi) is 5.15. The summed E-state index contributed by atoms with van der Waals surface area (Å²) >= 11 is 0. The highest BCUT2D eigenvalue weighted by molar-refractivity contribution is 5.26. The van der Waals surface area contributed by atoms with Gasteiger partial charge in [0.1, 0.15) is 5.75 Å². The van der Waals surface area contributed by atoms with Crippen LogP contribution in [0.1, 0.15) is 43.2 Å². The monoisotopic (exact) mass is 294 g/mol. The molecule has 0 spiro atoms. The van der Waals surface area contributed by atoms with Crippen LogP contribution in [0, 0.1) is 11.8 Å². The van der Waals surface area contributed by atoms with Gasteiger partial charge in [-0.1, -0.05) is 68.1 Å². The van der Waals surface area contributed by atoms with Crippen LogP contribution in [0.2, 0.25) is 0 Å². The molecule has 2 aromatic rings. The maximum atomic E-state index is 9.40. The van der Waals surface area contributed by atoms with Gasteiger partial charge in [-0.25, -0.2) is 0 Å².